The van der Waals surface area contributed by atoms with Gasteiger partial charge in [-0.3, -0.25) is 4.90 Å². The van der Waals surface area contributed by atoms with Crippen molar-refractivity contribution in [2.45, 2.75) is 19.0 Å². The van der Waals surface area contributed by atoms with Crippen LogP contribution < -0.4 is 0 Å². The summed E-state index contributed by atoms with van der Waals surface area (Å²) in [7, 11) is 2.19. The zero-order valence-corrected chi connectivity index (χ0v) is 6.17. The van der Waals surface area contributed by atoms with Gasteiger partial charge in [-0.15, -0.1) is 0 Å². The van der Waals surface area contributed by atoms with Gasteiger partial charge in [0.1, 0.15) is 0 Å². The Balaban J connectivity index is 1.78. The molecular weight excluding hydrogens is 112 g/mol. The Hall–Kier alpha value is -0.0800. The third kappa shape index (κ3) is 0.864. The molecule has 0 radical (unpaired) electrons. The molecule has 0 aromatic heterocycles. The number of nitrogens with zero attached hydrogens (tertiary/aromatic N) is 2. The van der Waals surface area contributed by atoms with Gasteiger partial charge in [0.05, 0.1) is 0 Å². The zero-order chi connectivity index (χ0) is 6.43. The van der Waals surface area contributed by atoms with Crippen LogP contribution in [0.5, 0.6) is 0 Å². The molecule has 0 saturated carbocycles. The van der Waals surface area contributed by atoms with Crippen LogP contribution in [-0.2, 0) is 0 Å². The quantitative estimate of drug-likeness (QED) is 0.456. The minimum absolute atomic E-state index is 0.892. The van der Waals surface area contributed by atoms with E-state index in [0.717, 1.165) is 12.1 Å². The van der Waals surface area contributed by atoms with Gasteiger partial charge in [-0.25, -0.2) is 0 Å². The fourth-order valence-electron chi connectivity index (χ4n) is 1.64. The third-order valence-electron chi connectivity index (χ3n) is 2.42. The van der Waals surface area contributed by atoms with Gasteiger partial charge < -0.3 is 4.90 Å². The molecule has 2 heteroatoms. The van der Waals surface area contributed by atoms with Gasteiger partial charge in [-0.05, 0) is 14.0 Å². The van der Waals surface area contributed by atoms with Crippen LogP contribution in [0.3, 0.4) is 0 Å². The first kappa shape index (κ1) is 5.69. The van der Waals surface area contributed by atoms with Gasteiger partial charge in [-0.1, -0.05) is 0 Å². The molecule has 2 unspecified atom stereocenters. The molecule has 2 saturated heterocycles. The minimum Gasteiger partial charge on any atom is -0.303 e. The number of rotatable bonds is 1. The lowest BCUT2D eigenvalue weighted by Gasteiger charge is -2.37. The molecule has 9 heavy (non-hydrogen) atoms. The number of hydrogen-bond acceptors (Lipinski definition) is 2. The van der Waals surface area contributed by atoms with Crippen LogP contribution in [0.2, 0.25) is 0 Å². The highest BCUT2D eigenvalue weighted by Gasteiger charge is 2.40. The molecule has 2 heterocycles. The average Bonchev–Trinajstić information content (AvgIpc) is 2.38. The Kier molecular flexibility index (Phi) is 1.08. The van der Waals surface area contributed by atoms with Crippen molar-refractivity contribution in [3.8, 4) is 0 Å². The maximum absolute atomic E-state index is 2.57. The van der Waals surface area contributed by atoms with Crippen molar-refractivity contribution in [3.63, 3.8) is 0 Å². The summed E-state index contributed by atoms with van der Waals surface area (Å²) in [4.78, 5) is 4.94. The summed E-state index contributed by atoms with van der Waals surface area (Å²) in [5.41, 5.74) is 0. The lowest BCUT2D eigenvalue weighted by molar-refractivity contribution is 0.115. The van der Waals surface area contributed by atoms with E-state index in [4.69, 9.17) is 0 Å². The number of likely N-dealkylation sites (tertiary alicyclic amines) is 1. The topological polar surface area (TPSA) is 6.25 Å². The molecule has 52 valence electrons. The summed E-state index contributed by atoms with van der Waals surface area (Å²) >= 11 is 0. The van der Waals surface area contributed by atoms with Gasteiger partial charge in [0.15, 0.2) is 0 Å². The molecule has 2 rings (SSSR count). The van der Waals surface area contributed by atoms with Gasteiger partial charge in [0, 0.05) is 31.7 Å². The first-order chi connectivity index (χ1) is 4.27. The zero-order valence-electron chi connectivity index (χ0n) is 6.17. The fourth-order valence-corrected chi connectivity index (χ4v) is 1.64. The second-order valence-electron chi connectivity index (χ2n) is 3.42. The van der Waals surface area contributed by atoms with Crippen LogP contribution in [0.15, 0.2) is 0 Å². The highest BCUT2D eigenvalue weighted by Crippen LogP contribution is 2.25. The Morgan fingerprint density at radius 1 is 1.22 bits per heavy atom. The number of hydrogen-bond donors (Lipinski definition) is 0. The highest BCUT2D eigenvalue weighted by atomic mass is 15.4. The monoisotopic (exact) mass is 126 g/mol. The van der Waals surface area contributed by atoms with Crippen molar-refractivity contribution in [2.75, 3.05) is 26.7 Å². The lowest BCUT2D eigenvalue weighted by atomic mass is 10.1. The third-order valence-corrected chi connectivity index (χ3v) is 2.42. The molecule has 2 fully saturated rings. The number of likely N-dealkylation sites (N-methyl/N-ethyl adjacent to an activating group) is 1. The van der Waals surface area contributed by atoms with E-state index in [2.05, 4.69) is 23.8 Å². The second-order valence-corrected chi connectivity index (χ2v) is 3.42. The Morgan fingerprint density at radius 2 is 1.78 bits per heavy atom. The molecule has 0 amide bonds. The van der Waals surface area contributed by atoms with Gasteiger partial charge >= 0.3 is 0 Å². The molecule has 2 aliphatic heterocycles. The van der Waals surface area contributed by atoms with Gasteiger partial charge in [-0.2, -0.15) is 0 Å². The average molecular weight is 126 g/mol. The van der Waals surface area contributed by atoms with Crippen molar-refractivity contribution in [2.24, 2.45) is 0 Å². The second kappa shape index (κ2) is 1.70. The van der Waals surface area contributed by atoms with Crippen molar-refractivity contribution in [1.29, 1.82) is 0 Å². The lowest BCUT2D eigenvalue weighted by Crippen LogP contribution is -2.52. The van der Waals surface area contributed by atoms with Crippen LogP contribution in [0.1, 0.15) is 6.92 Å². The standard InChI is InChI=1S/C7H14N2/c1-6-3-9(6)7-4-8(2)5-7/h6-7H,3-5H2,1-2H3. The molecule has 2 atom stereocenters. The normalized spacial score (nSPS) is 44.7. The highest BCUT2D eigenvalue weighted by molar-refractivity contribution is 4.97. The molecule has 2 nitrogen and oxygen atoms in total. The van der Waals surface area contributed by atoms with E-state index >= 15 is 0 Å². The molecule has 0 bridgehead atoms. The van der Waals surface area contributed by atoms with Crippen molar-refractivity contribution in [3.05, 3.63) is 0 Å². The SMILES string of the molecule is CC1CN1C1CN(C)C1. The predicted octanol–water partition coefficient (Wildman–Crippen LogP) is 0.00450. The Morgan fingerprint density at radius 3 is 2.11 bits per heavy atom. The van der Waals surface area contributed by atoms with Crippen LogP contribution in [0.25, 0.3) is 0 Å². The summed E-state index contributed by atoms with van der Waals surface area (Å²) in [5.74, 6) is 0. The van der Waals surface area contributed by atoms with E-state index in [1.165, 1.54) is 19.6 Å². The minimum atomic E-state index is 0.892. The Labute approximate surface area is 56.4 Å². The summed E-state index contributed by atoms with van der Waals surface area (Å²) in [6, 6.07) is 1.80. The first-order valence-corrected chi connectivity index (χ1v) is 3.71. The Bertz CT molecular complexity index is 118. The maximum Gasteiger partial charge on any atom is 0.0354 e. The van der Waals surface area contributed by atoms with E-state index in [1.807, 2.05) is 0 Å². The molecular formula is C7H14N2. The van der Waals surface area contributed by atoms with Crippen molar-refractivity contribution in [1.82, 2.24) is 9.80 Å². The van der Waals surface area contributed by atoms with E-state index in [0.29, 0.717) is 0 Å². The summed E-state index contributed by atoms with van der Waals surface area (Å²) in [6.07, 6.45) is 0. The summed E-state index contributed by atoms with van der Waals surface area (Å²) in [5, 5.41) is 0. The molecule has 0 N–H and O–H groups in total. The van der Waals surface area contributed by atoms with E-state index in [9.17, 15) is 0 Å². The van der Waals surface area contributed by atoms with Crippen LogP contribution in [-0.4, -0.2) is 48.6 Å². The molecule has 0 spiro atoms. The predicted molar refractivity (Wildman–Crippen MR) is 37.5 cm³/mol. The van der Waals surface area contributed by atoms with Crippen LogP contribution >= 0.6 is 0 Å². The molecule has 2 aliphatic rings. The smallest absolute Gasteiger partial charge is 0.0354 e. The summed E-state index contributed by atoms with van der Waals surface area (Å²) in [6.45, 7) is 6.24. The van der Waals surface area contributed by atoms with E-state index < -0.39 is 0 Å². The van der Waals surface area contributed by atoms with Gasteiger partial charge in [0.25, 0.3) is 0 Å². The first-order valence-electron chi connectivity index (χ1n) is 3.71. The van der Waals surface area contributed by atoms with Crippen LogP contribution in [0, 0.1) is 0 Å². The molecule has 0 aliphatic carbocycles. The fraction of sp³-hybridized carbons (Fsp3) is 1.00. The van der Waals surface area contributed by atoms with Crippen molar-refractivity contribution < 1.29 is 0 Å². The largest absolute Gasteiger partial charge is 0.303 e. The molecule has 0 aromatic carbocycles. The summed E-state index contributed by atoms with van der Waals surface area (Å²) < 4.78 is 0. The van der Waals surface area contributed by atoms with Gasteiger partial charge in [0.2, 0.25) is 0 Å². The van der Waals surface area contributed by atoms with E-state index in [-0.39, 0.29) is 0 Å². The maximum atomic E-state index is 2.57. The van der Waals surface area contributed by atoms with Crippen molar-refractivity contribution >= 4 is 0 Å². The van der Waals surface area contributed by atoms with E-state index in [1.54, 1.807) is 0 Å². The van der Waals surface area contributed by atoms with Crippen LogP contribution in [0.4, 0.5) is 0 Å². The molecule has 0 aromatic rings.